The molecule has 5 rings (SSSR count). The molecule has 3 atom stereocenters. The highest BCUT2D eigenvalue weighted by Gasteiger charge is 2.57. The van der Waals surface area contributed by atoms with Crippen LogP contribution in [-0.2, 0) is 20.9 Å². The van der Waals surface area contributed by atoms with E-state index in [-0.39, 0.29) is 11.4 Å². The Morgan fingerprint density at radius 2 is 1.82 bits per heavy atom. The average molecular weight is 496 g/mol. The van der Waals surface area contributed by atoms with Gasteiger partial charge in [-0.1, -0.05) is 47.4 Å². The number of aromatic nitrogens is 2. The largest absolute Gasteiger partial charge is 0.351 e. The number of hydrogen-bond donors (Lipinski definition) is 2. The zero-order valence-electron chi connectivity index (χ0n) is 17.4. The molecule has 2 aliphatic rings. The van der Waals surface area contributed by atoms with Crippen LogP contribution in [0.15, 0.2) is 64.7 Å². The van der Waals surface area contributed by atoms with E-state index in [1.165, 1.54) is 4.57 Å². The first-order chi connectivity index (χ1) is 16.4. The summed E-state index contributed by atoms with van der Waals surface area (Å²) in [4.78, 5) is 68.3. The van der Waals surface area contributed by atoms with Crippen molar-refractivity contribution in [2.45, 2.75) is 22.7 Å². The molecule has 1 fully saturated rings. The Labute approximate surface area is 200 Å². The highest BCUT2D eigenvalue weighted by Crippen LogP contribution is 2.53. The Hall–Kier alpha value is -3.77. The minimum atomic E-state index is -1.14. The van der Waals surface area contributed by atoms with E-state index in [9.17, 15) is 24.0 Å². The molecular weight excluding hydrogens is 478 g/mol. The molecule has 0 saturated carbocycles. The summed E-state index contributed by atoms with van der Waals surface area (Å²) in [6.45, 7) is -0.272. The molecule has 12 heteroatoms. The summed E-state index contributed by atoms with van der Waals surface area (Å²) >= 11 is 1.92. The van der Waals surface area contributed by atoms with Crippen molar-refractivity contribution in [1.29, 1.82) is 0 Å². The van der Waals surface area contributed by atoms with Gasteiger partial charge in [0.05, 0.1) is 10.9 Å². The van der Waals surface area contributed by atoms with Crippen LogP contribution < -0.4 is 15.9 Å². The monoisotopic (exact) mass is 495 g/mol. The van der Waals surface area contributed by atoms with Crippen LogP contribution >= 0.6 is 23.1 Å². The smallest absolute Gasteiger partial charge is 0.328 e. The fourth-order valence-electron chi connectivity index (χ4n) is 4.26. The number of para-hydroxylation sites is 1. The van der Waals surface area contributed by atoms with Gasteiger partial charge in [-0.25, -0.2) is 4.79 Å². The quantitative estimate of drug-likeness (QED) is 0.523. The first kappa shape index (κ1) is 22.0. The van der Waals surface area contributed by atoms with Crippen molar-refractivity contribution in [3.8, 4) is 0 Å². The van der Waals surface area contributed by atoms with Crippen LogP contribution in [0.3, 0.4) is 0 Å². The molecule has 3 aromatic rings. The van der Waals surface area contributed by atoms with E-state index in [1.807, 2.05) is 6.07 Å². The van der Waals surface area contributed by atoms with Crippen LogP contribution in [0.4, 0.5) is 10.5 Å². The van der Waals surface area contributed by atoms with E-state index in [0.29, 0.717) is 26.1 Å². The molecule has 3 N–H and O–H groups in total. The molecule has 1 saturated heterocycles. The van der Waals surface area contributed by atoms with Crippen molar-refractivity contribution in [1.82, 2.24) is 14.5 Å². The van der Waals surface area contributed by atoms with E-state index in [1.54, 1.807) is 48.8 Å². The number of amides is 5. The van der Waals surface area contributed by atoms with Crippen LogP contribution in [0.1, 0.15) is 16.4 Å². The third-order valence-corrected chi connectivity index (χ3v) is 8.28. The molecule has 10 nitrogen and oxygen atoms in total. The maximum Gasteiger partial charge on any atom is 0.328 e. The van der Waals surface area contributed by atoms with Gasteiger partial charge in [0.15, 0.2) is 0 Å². The van der Waals surface area contributed by atoms with Crippen LogP contribution in [0.2, 0.25) is 0 Å². The number of primary amides is 1. The maximum absolute atomic E-state index is 13.1. The number of rotatable bonds is 4. The number of hydrogen-bond acceptors (Lipinski definition) is 8. The predicted octanol–water partition coefficient (Wildman–Crippen LogP) is 1.61. The number of fused-ring (bicyclic) bond motifs is 2. The third kappa shape index (κ3) is 3.60. The standard InChI is InChI=1S/C22H17N5O5S2/c23-21(31)27-18(29)15-14(11-5-4-8-24-9-11)17-20(33-16(15)19(27)30)26(22(32)34-17)10-13(28)25-12-6-2-1-3-7-12/h1-9,14-16H,10H2,(H2,23,31)(H,25,28)/t14-,15+,16-/m0/s1. The van der Waals surface area contributed by atoms with Crippen molar-refractivity contribution in [3.05, 3.63) is 75.0 Å². The maximum atomic E-state index is 13.1. The Bertz CT molecular complexity index is 1370. The molecule has 0 unspecified atom stereocenters. The Morgan fingerprint density at radius 1 is 1.06 bits per heavy atom. The number of anilines is 1. The molecule has 172 valence electrons. The Balaban J connectivity index is 1.57. The van der Waals surface area contributed by atoms with Crippen molar-refractivity contribution in [2.75, 3.05) is 5.32 Å². The summed E-state index contributed by atoms with van der Waals surface area (Å²) in [6, 6.07) is 11.1. The number of nitrogens with one attached hydrogen (secondary N) is 1. The minimum Gasteiger partial charge on any atom is -0.351 e. The van der Waals surface area contributed by atoms with Gasteiger partial charge in [0, 0.05) is 28.9 Å². The lowest BCUT2D eigenvalue weighted by molar-refractivity contribution is -0.135. The number of imide groups is 3. The van der Waals surface area contributed by atoms with Crippen molar-refractivity contribution in [3.63, 3.8) is 0 Å². The lowest BCUT2D eigenvalue weighted by Gasteiger charge is -2.30. The number of carbonyl (C=O) groups is 4. The predicted molar refractivity (Wildman–Crippen MR) is 124 cm³/mol. The Morgan fingerprint density at radius 3 is 2.50 bits per heavy atom. The summed E-state index contributed by atoms with van der Waals surface area (Å²) in [5, 5.41) is 2.19. The summed E-state index contributed by atoms with van der Waals surface area (Å²) in [5.74, 6) is -3.46. The van der Waals surface area contributed by atoms with Crippen LogP contribution in [0, 0.1) is 5.92 Å². The van der Waals surface area contributed by atoms with E-state index in [2.05, 4.69) is 10.3 Å². The lowest BCUT2D eigenvalue weighted by atomic mass is 9.84. The SMILES string of the molecule is NC(=O)N1C(=O)[C@@H]2[C@H](c3cccnc3)c3sc(=O)n(CC(=O)Nc4ccccc4)c3S[C@@H]2C1=O. The molecule has 2 aliphatic heterocycles. The van der Waals surface area contributed by atoms with Gasteiger partial charge in [0.25, 0.3) is 5.91 Å². The summed E-state index contributed by atoms with van der Waals surface area (Å²) in [7, 11) is 0. The minimum absolute atomic E-state index is 0.272. The van der Waals surface area contributed by atoms with Gasteiger partial charge < -0.3 is 11.1 Å². The summed E-state index contributed by atoms with van der Waals surface area (Å²) in [6.07, 6.45) is 3.13. The molecule has 2 aromatic heterocycles. The number of thiazole rings is 1. The van der Waals surface area contributed by atoms with Gasteiger partial charge in [-0.05, 0) is 23.8 Å². The molecule has 0 aliphatic carbocycles. The second-order valence-corrected chi connectivity index (χ2v) is 9.84. The zero-order valence-corrected chi connectivity index (χ0v) is 19.0. The van der Waals surface area contributed by atoms with Crippen molar-refractivity contribution >= 4 is 52.5 Å². The number of urea groups is 1. The van der Waals surface area contributed by atoms with Crippen LogP contribution in [0.5, 0.6) is 0 Å². The number of nitrogens with two attached hydrogens (primary N) is 1. The number of likely N-dealkylation sites (tertiary alicyclic amines) is 1. The first-order valence-electron chi connectivity index (χ1n) is 10.2. The van der Waals surface area contributed by atoms with E-state index < -0.39 is 40.8 Å². The van der Waals surface area contributed by atoms with Gasteiger partial charge in [-0.3, -0.25) is 28.7 Å². The topological polar surface area (TPSA) is 144 Å². The summed E-state index contributed by atoms with van der Waals surface area (Å²) in [5.41, 5.74) is 6.51. The molecule has 5 amide bonds. The molecule has 0 bridgehead atoms. The zero-order chi connectivity index (χ0) is 24.0. The fourth-order valence-corrected chi connectivity index (χ4v) is 7.03. The van der Waals surface area contributed by atoms with Crippen LogP contribution in [-0.4, -0.2) is 43.5 Å². The normalized spacial score (nSPS) is 21.2. The fraction of sp³-hybridized carbons (Fsp3) is 0.182. The number of thioether (sulfide) groups is 1. The molecular formula is C22H17N5O5S2. The molecule has 1 aromatic carbocycles. The third-order valence-electron chi connectivity index (χ3n) is 5.67. The number of nitrogens with zero attached hydrogens (tertiary/aromatic N) is 3. The second kappa shape index (κ2) is 8.54. The first-order valence-corrected chi connectivity index (χ1v) is 11.9. The van der Waals surface area contributed by atoms with Gasteiger partial charge in [0.1, 0.15) is 11.8 Å². The Kier molecular flexibility index (Phi) is 5.54. The van der Waals surface area contributed by atoms with Gasteiger partial charge >= 0.3 is 10.9 Å². The number of pyridine rings is 1. The second-order valence-electron chi connectivity index (χ2n) is 7.72. The van der Waals surface area contributed by atoms with Crippen molar-refractivity contribution < 1.29 is 19.2 Å². The van der Waals surface area contributed by atoms with Gasteiger partial charge in [-0.15, -0.1) is 0 Å². The van der Waals surface area contributed by atoms with E-state index in [0.717, 1.165) is 23.1 Å². The van der Waals surface area contributed by atoms with Crippen molar-refractivity contribution in [2.24, 2.45) is 11.7 Å². The highest BCUT2D eigenvalue weighted by molar-refractivity contribution is 8.00. The molecule has 0 radical (unpaired) electrons. The van der Waals surface area contributed by atoms with E-state index >= 15 is 0 Å². The number of carbonyl (C=O) groups excluding carboxylic acids is 4. The van der Waals surface area contributed by atoms with E-state index in [4.69, 9.17) is 5.73 Å². The molecule has 0 spiro atoms. The molecule has 34 heavy (non-hydrogen) atoms. The molecule has 4 heterocycles. The van der Waals surface area contributed by atoms with Gasteiger partial charge in [0.2, 0.25) is 11.8 Å². The van der Waals surface area contributed by atoms with Gasteiger partial charge in [-0.2, -0.15) is 4.90 Å². The number of benzene rings is 1. The lowest BCUT2D eigenvalue weighted by Crippen LogP contribution is -2.41. The average Bonchev–Trinajstić information content (AvgIpc) is 3.26. The summed E-state index contributed by atoms with van der Waals surface area (Å²) < 4.78 is 1.30. The van der Waals surface area contributed by atoms with Crippen LogP contribution in [0.25, 0.3) is 0 Å². The highest BCUT2D eigenvalue weighted by atomic mass is 32.2.